The fraction of sp³-hybridized carbons (Fsp3) is 0.824. The zero-order valence-electron chi connectivity index (χ0n) is 12.9. The van der Waals surface area contributed by atoms with Crippen LogP contribution in [-0.4, -0.2) is 15.6 Å². The van der Waals surface area contributed by atoms with Crippen LogP contribution in [-0.2, 0) is 0 Å². The lowest BCUT2D eigenvalue weighted by molar-refractivity contribution is 0.234. The highest BCUT2D eigenvalue weighted by molar-refractivity contribution is 5.29. The third kappa shape index (κ3) is 3.02. The van der Waals surface area contributed by atoms with Crippen molar-refractivity contribution in [2.75, 3.05) is 5.32 Å². The van der Waals surface area contributed by atoms with Crippen molar-refractivity contribution in [2.24, 2.45) is 5.92 Å². The van der Waals surface area contributed by atoms with E-state index in [4.69, 9.17) is 0 Å². The van der Waals surface area contributed by atoms with Crippen molar-refractivity contribution in [3.63, 3.8) is 0 Å². The Balaban J connectivity index is 1.71. The monoisotopic (exact) mass is 275 g/mol. The maximum Gasteiger partial charge on any atom is 0.203 e. The largest absolute Gasteiger partial charge is 0.353 e. The van der Waals surface area contributed by atoms with Crippen molar-refractivity contribution in [2.45, 2.75) is 83.2 Å². The van der Waals surface area contributed by atoms with E-state index in [0.717, 1.165) is 11.9 Å². The molecule has 1 N–H and O–H groups in total. The van der Waals surface area contributed by atoms with Crippen molar-refractivity contribution in [3.05, 3.63) is 12.4 Å². The summed E-state index contributed by atoms with van der Waals surface area (Å²) in [5.74, 6) is 1.96. The molecule has 1 heterocycles. The minimum absolute atomic E-state index is 0.647. The molecule has 2 fully saturated rings. The summed E-state index contributed by atoms with van der Waals surface area (Å²) >= 11 is 0. The number of nitrogens with zero attached hydrogens (tertiary/aromatic N) is 2. The molecule has 3 heteroatoms. The minimum atomic E-state index is 0.647. The van der Waals surface area contributed by atoms with Crippen LogP contribution in [0.2, 0.25) is 0 Å². The molecule has 0 spiro atoms. The molecule has 20 heavy (non-hydrogen) atoms. The predicted octanol–water partition coefficient (Wildman–Crippen LogP) is 4.77. The van der Waals surface area contributed by atoms with Crippen LogP contribution in [0.4, 0.5) is 5.95 Å². The molecule has 3 rings (SSSR count). The van der Waals surface area contributed by atoms with Crippen molar-refractivity contribution in [1.82, 2.24) is 9.55 Å². The zero-order chi connectivity index (χ0) is 13.8. The molecule has 1 aromatic rings. The predicted molar refractivity (Wildman–Crippen MR) is 84.0 cm³/mol. The molecule has 0 radical (unpaired) electrons. The zero-order valence-corrected chi connectivity index (χ0v) is 12.9. The minimum Gasteiger partial charge on any atom is -0.353 e. The van der Waals surface area contributed by atoms with Gasteiger partial charge in [-0.25, -0.2) is 4.98 Å². The van der Waals surface area contributed by atoms with Gasteiger partial charge in [-0.3, -0.25) is 0 Å². The Morgan fingerprint density at radius 3 is 2.65 bits per heavy atom. The smallest absolute Gasteiger partial charge is 0.203 e. The average Bonchev–Trinajstić information content (AvgIpc) is 2.96. The Labute approximate surface area is 123 Å². The Morgan fingerprint density at radius 2 is 1.85 bits per heavy atom. The van der Waals surface area contributed by atoms with Gasteiger partial charge in [0.15, 0.2) is 0 Å². The molecular formula is C17H29N3. The van der Waals surface area contributed by atoms with Gasteiger partial charge in [0, 0.05) is 24.5 Å². The van der Waals surface area contributed by atoms with Gasteiger partial charge in [-0.15, -0.1) is 0 Å². The molecule has 112 valence electrons. The van der Waals surface area contributed by atoms with Gasteiger partial charge >= 0.3 is 0 Å². The fourth-order valence-electron chi connectivity index (χ4n) is 4.15. The Kier molecular flexibility index (Phi) is 4.64. The first kappa shape index (κ1) is 14.0. The van der Waals surface area contributed by atoms with Gasteiger partial charge in [-0.1, -0.05) is 45.4 Å². The first-order valence-electron chi connectivity index (χ1n) is 8.68. The van der Waals surface area contributed by atoms with Crippen LogP contribution in [0, 0.1) is 5.92 Å². The summed E-state index contributed by atoms with van der Waals surface area (Å²) in [4.78, 5) is 4.61. The van der Waals surface area contributed by atoms with E-state index >= 15 is 0 Å². The molecule has 1 aromatic heterocycles. The molecule has 2 unspecified atom stereocenters. The Bertz CT molecular complexity index is 406. The lowest BCUT2D eigenvalue weighted by Gasteiger charge is -2.33. The van der Waals surface area contributed by atoms with E-state index in [2.05, 4.69) is 28.0 Å². The molecule has 3 nitrogen and oxygen atoms in total. The average molecular weight is 275 g/mol. The number of aromatic nitrogens is 2. The first-order chi connectivity index (χ1) is 9.88. The third-order valence-corrected chi connectivity index (χ3v) is 5.36. The highest BCUT2D eigenvalue weighted by Gasteiger charge is 2.27. The maximum atomic E-state index is 4.61. The molecule has 2 atom stereocenters. The van der Waals surface area contributed by atoms with E-state index in [1.807, 2.05) is 6.20 Å². The maximum absolute atomic E-state index is 4.61. The lowest BCUT2D eigenvalue weighted by Crippen LogP contribution is -2.28. The summed E-state index contributed by atoms with van der Waals surface area (Å²) in [6, 6.07) is 1.32. The second-order valence-electron chi connectivity index (χ2n) is 6.66. The molecule has 0 aromatic carbocycles. The second kappa shape index (κ2) is 6.64. The van der Waals surface area contributed by atoms with E-state index in [1.165, 1.54) is 64.2 Å². The molecule has 0 saturated heterocycles. The Hall–Kier alpha value is -0.990. The lowest BCUT2D eigenvalue weighted by atomic mass is 9.83. The number of imidazole rings is 1. The van der Waals surface area contributed by atoms with E-state index in [1.54, 1.807) is 0 Å². The second-order valence-corrected chi connectivity index (χ2v) is 6.66. The van der Waals surface area contributed by atoms with Crippen LogP contribution in [0.5, 0.6) is 0 Å². The fourth-order valence-corrected chi connectivity index (χ4v) is 4.15. The van der Waals surface area contributed by atoms with Crippen molar-refractivity contribution in [1.29, 1.82) is 0 Å². The summed E-state index contributed by atoms with van der Waals surface area (Å²) in [7, 11) is 0. The van der Waals surface area contributed by atoms with Crippen molar-refractivity contribution in [3.8, 4) is 0 Å². The quantitative estimate of drug-likeness (QED) is 0.858. The van der Waals surface area contributed by atoms with Gasteiger partial charge in [0.05, 0.1) is 0 Å². The SMILES string of the molecule is CCC1CCCCC1n1ccnc1NC1CCCCC1. The van der Waals surface area contributed by atoms with E-state index < -0.39 is 0 Å². The van der Waals surface area contributed by atoms with Crippen molar-refractivity contribution < 1.29 is 0 Å². The van der Waals surface area contributed by atoms with Gasteiger partial charge in [0.1, 0.15) is 0 Å². The molecule has 2 saturated carbocycles. The molecule has 2 aliphatic carbocycles. The standard InChI is InChI=1S/C17H29N3/c1-2-14-8-6-7-11-16(14)20-13-12-18-17(20)19-15-9-4-3-5-10-15/h12-16H,2-11H2,1H3,(H,18,19). The number of hydrogen-bond donors (Lipinski definition) is 1. The number of anilines is 1. The number of rotatable bonds is 4. The van der Waals surface area contributed by atoms with Crippen LogP contribution in [0.3, 0.4) is 0 Å². The van der Waals surface area contributed by atoms with E-state index in [-0.39, 0.29) is 0 Å². The van der Waals surface area contributed by atoms with Crippen LogP contribution in [0.15, 0.2) is 12.4 Å². The molecule has 2 aliphatic rings. The number of hydrogen-bond acceptors (Lipinski definition) is 2. The summed E-state index contributed by atoms with van der Waals surface area (Å²) in [6.45, 7) is 2.34. The highest BCUT2D eigenvalue weighted by atomic mass is 15.2. The molecular weight excluding hydrogens is 246 g/mol. The topological polar surface area (TPSA) is 29.9 Å². The third-order valence-electron chi connectivity index (χ3n) is 5.36. The van der Waals surface area contributed by atoms with Crippen LogP contribution in [0.25, 0.3) is 0 Å². The first-order valence-corrected chi connectivity index (χ1v) is 8.68. The van der Waals surface area contributed by atoms with Crippen molar-refractivity contribution >= 4 is 5.95 Å². The highest BCUT2D eigenvalue weighted by Crippen LogP contribution is 2.37. The van der Waals surface area contributed by atoms with Gasteiger partial charge < -0.3 is 9.88 Å². The van der Waals surface area contributed by atoms with Gasteiger partial charge in [-0.2, -0.15) is 0 Å². The van der Waals surface area contributed by atoms with E-state index in [9.17, 15) is 0 Å². The van der Waals surface area contributed by atoms with Gasteiger partial charge in [0.25, 0.3) is 0 Å². The van der Waals surface area contributed by atoms with Crippen LogP contribution in [0.1, 0.15) is 77.2 Å². The normalized spacial score (nSPS) is 28.4. The summed E-state index contributed by atoms with van der Waals surface area (Å²) < 4.78 is 2.45. The van der Waals surface area contributed by atoms with Crippen LogP contribution < -0.4 is 5.32 Å². The van der Waals surface area contributed by atoms with E-state index in [0.29, 0.717) is 12.1 Å². The molecule has 0 bridgehead atoms. The summed E-state index contributed by atoms with van der Waals surface area (Å²) in [5, 5.41) is 3.72. The summed E-state index contributed by atoms with van der Waals surface area (Å²) in [6.07, 6.45) is 17.8. The molecule has 0 aliphatic heterocycles. The Morgan fingerprint density at radius 1 is 1.10 bits per heavy atom. The number of nitrogens with one attached hydrogen (secondary N) is 1. The van der Waals surface area contributed by atoms with Gasteiger partial charge in [-0.05, 0) is 31.6 Å². The molecule has 0 amide bonds. The van der Waals surface area contributed by atoms with Crippen LogP contribution >= 0.6 is 0 Å². The van der Waals surface area contributed by atoms with Gasteiger partial charge in [0.2, 0.25) is 5.95 Å². The summed E-state index contributed by atoms with van der Waals surface area (Å²) in [5.41, 5.74) is 0.